The second-order valence-corrected chi connectivity index (χ2v) is 10.5. The Morgan fingerprint density at radius 1 is 0.968 bits per heavy atom. The van der Waals surface area contributed by atoms with Crippen LogP contribution in [-0.2, 0) is 11.3 Å². The molecular formula is C26H40N4O. The summed E-state index contributed by atoms with van der Waals surface area (Å²) < 4.78 is 6.27. The summed E-state index contributed by atoms with van der Waals surface area (Å²) in [6.45, 7) is 14.3. The first-order chi connectivity index (χ1) is 15.0. The normalized spacial score (nSPS) is 23.8. The molecule has 31 heavy (non-hydrogen) atoms. The highest BCUT2D eigenvalue weighted by molar-refractivity contribution is 5.62. The Labute approximate surface area is 188 Å². The van der Waals surface area contributed by atoms with E-state index >= 15 is 0 Å². The van der Waals surface area contributed by atoms with Crippen LogP contribution in [0.3, 0.4) is 0 Å². The second kappa shape index (κ2) is 10.3. The average Bonchev–Trinajstić information content (AvgIpc) is 3.26. The number of rotatable bonds is 7. The number of nitrogens with zero attached hydrogens (tertiary/aromatic N) is 3. The van der Waals surface area contributed by atoms with Gasteiger partial charge in [0, 0.05) is 37.7 Å². The summed E-state index contributed by atoms with van der Waals surface area (Å²) in [6, 6.07) is 10.6. The fraction of sp³-hybridized carbons (Fsp3) is 0.654. The summed E-state index contributed by atoms with van der Waals surface area (Å²) in [7, 11) is 0. The van der Waals surface area contributed by atoms with Crippen molar-refractivity contribution < 1.29 is 4.74 Å². The van der Waals surface area contributed by atoms with Crippen molar-refractivity contribution in [3.05, 3.63) is 42.1 Å². The SMILES string of the molecule is CC(C)(C)OCC1CN(Cc2cn[nH]c2-c2ccccc2)CC1CN1CCCCCC1. The third-order valence-corrected chi connectivity index (χ3v) is 6.75. The van der Waals surface area contributed by atoms with Crippen molar-refractivity contribution in [1.82, 2.24) is 20.0 Å². The number of benzene rings is 1. The largest absolute Gasteiger partial charge is 0.376 e. The lowest BCUT2D eigenvalue weighted by atomic mass is 9.96. The Balaban J connectivity index is 1.43. The first kappa shape index (κ1) is 22.5. The molecule has 2 saturated heterocycles. The molecule has 4 rings (SSSR count). The molecule has 0 saturated carbocycles. The van der Waals surface area contributed by atoms with E-state index in [4.69, 9.17) is 4.74 Å². The topological polar surface area (TPSA) is 44.4 Å². The number of aromatic nitrogens is 2. The molecule has 5 nitrogen and oxygen atoms in total. The molecule has 5 heteroatoms. The van der Waals surface area contributed by atoms with Gasteiger partial charge >= 0.3 is 0 Å². The Hall–Kier alpha value is -1.69. The van der Waals surface area contributed by atoms with Gasteiger partial charge in [-0.05, 0) is 58.2 Å². The lowest BCUT2D eigenvalue weighted by Gasteiger charge is -2.29. The highest BCUT2D eigenvalue weighted by Crippen LogP contribution is 2.30. The highest BCUT2D eigenvalue weighted by Gasteiger charge is 2.35. The van der Waals surface area contributed by atoms with Gasteiger partial charge in [-0.1, -0.05) is 43.2 Å². The first-order valence-corrected chi connectivity index (χ1v) is 12.1. The van der Waals surface area contributed by atoms with Gasteiger partial charge in [-0.25, -0.2) is 0 Å². The molecule has 3 heterocycles. The summed E-state index contributed by atoms with van der Waals surface area (Å²) in [6.07, 6.45) is 7.51. The number of aromatic amines is 1. The molecule has 1 aromatic carbocycles. The van der Waals surface area contributed by atoms with Gasteiger partial charge in [0.15, 0.2) is 0 Å². The molecule has 1 N–H and O–H groups in total. The monoisotopic (exact) mass is 424 g/mol. The van der Waals surface area contributed by atoms with Gasteiger partial charge in [-0.15, -0.1) is 0 Å². The van der Waals surface area contributed by atoms with Crippen molar-refractivity contribution in [2.45, 2.75) is 58.6 Å². The third-order valence-electron chi connectivity index (χ3n) is 6.75. The number of ether oxygens (including phenoxy) is 1. The molecule has 2 atom stereocenters. The Kier molecular flexibility index (Phi) is 7.47. The fourth-order valence-corrected chi connectivity index (χ4v) is 5.09. The van der Waals surface area contributed by atoms with Crippen molar-refractivity contribution in [2.75, 3.05) is 39.3 Å². The van der Waals surface area contributed by atoms with Gasteiger partial charge in [0.25, 0.3) is 0 Å². The maximum atomic E-state index is 6.27. The molecule has 0 bridgehead atoms. The van der Waals surface area contributed by atoms with Crippen LogP contribution in [0.4, 0.5) is 0 Å². The standard InChI is InChI=1S/C26H40N4O/c1-26(2,3)31-20-24-19-30(18-23(24)17-29-13-9-4-5-10-14-29)16-22-15-27-28-25(22)21-11-7-6-8-12-21/h6-8,11-12,15,23-24H,4-5,9-10,13-14,16-20H2,1-3H3,(H,27,28). The lowest BCUT2D eigenvalue weighted by molar-refractivity contribution is -0.0283. The van der Waals surface area contributed by atoms with E-state index in [0.717, 1.165) is 31.9 Å². The average molecular weight is 425 g/mol. The maximum Gasteiger partial charge on any atom is 0.0695 e. The summed E-state index contributed by atoms with van der Waals surface area (Å²) in [5, 5.41) is 7.59. The minimum Gasteiger partial charge on any atom is -0.376 e. The summed E-state index contributed by atoms with van der Waals surface area (Å²) in [5.74, 6) is 1.27. The number of H-pyrrole nitrogens is 1. The molecule has 0 spiro atoms. The van der Waals surface area contributed by atoms with Crippen LogP contribution in [0.25, 0.3) is 11.3 Å². The van der Waals surface area contributed by atoms with Crippen LogP contribution < -0.4 is 0 Å². The van der Waals surface area contributed by atoms with E-state index in [-0.39, 0.29) is 5.60 Å². The Morgan fingerprint density at radius 2 is 1.68 bits per heavy atom. The number of likely N-dealkylation sites (tertiary alicyclic amines) is 2. The van der Waals surface area contributed by atoms with Gasteiger partial charge in [0.2, 0.25) is 0 Å². The summed E-state index contributed by atoms with van der Waals surface area (Å²) in [5.41, 5.74) is 3.57. The van der Waals surface area contributed by atoms with Crippen LogP contribution in [0.1, 0.15) is 52.0 Å². The Bertz CT molecular complexity index is 789. The van der Waals surface area contributed by atoms with Crippen molar-refractivity contribution >= 4 is 0 Å². The number of hydrogen-bond donors (Lipinski definition) is 1. The minimum absolute atomic E-state index is 0.0778. The molecule has 1 aromatic heterocycles. The quantitative estimate of drug-likeness (QED) is 0.692. The molecule has 170 valence electrons. The molecule has 0 aliphatic carbocycles. The summed E-state index contributed by atoms with van der Waals surface area (Å²) >= 11 is 0. The van der Waals surface area contributed by atoms with E-state index in [2.05, 4.69) is 71.1 Å². The maximum absolute atomic E-state index is 6.27. The van der Waals surface area contributed by atoms with Gasteiger partial charge in [0.1, 0.15) is 0 Å². The van der Waals surface area contributed by atoms with E-state index in [1.54, 1.807) is 0 Å². The van der Waals surface area contributed by atoms with Crippen molar-refractivity contribution in [2.24, 2.45) is 11.8 Å². The third kappa shape index (κ3) is 6.41. The minimum atomic E-state index is -0.0778. The van der Waals surface area contributed by atoms with Crippen LogP contribution in [0.5, 0.6) is 0 Å². The van der Waals surface area contributed by atoms with Gasteiger partial charge in [0.05, 0.1) is 24.1 Å². The number of nitrogens with one attached hydrogen (secondary N) is 1. The van der Waals surface area contributed by atoms with Crippen molar-refractivity contribution in [1.29, 1.82) is 0 Å². The molecule has 0 radical (unpaired) electrons. The van der Waals surface area contributed by atoms with E-state index in [1.807, 2.05) is 6.20 Å². The van der Waals surface area contributed by atoms with Crippen molar-refractivity contribution in [3.63, 3.8) is 0 Å². The van der Waals surface area contributed by atoms with Crippen LogP contribution in [0, 0.1) is 11.8 Å². The van der Waals surface area contributed by atoms with Crippen LogP contribution in [0.2, 0.25) is 0 Å². The molecular weight excluding hydrogens is 384 g/mol. The molecule has 2 aromatic rings. The molecule has 2 unspecified atom stereocenters. The highest BCUT2D eigenvalue weighted by atomic mass is 16.5. The van der Waals surface area contributed by atoms with E-state index in [9.17, 15) is 0 Å². The summed E-state index contributed by atoms with van der Waals surface area (Å²) in [4.78, 5) is 5.34. The van der Waals surface area contributed by atoms with Gasteiger partial charge < -0.3 is 9.64 Å². The molecule has 2 fully saturated rings. The van der Waals surface area contributed by atoms with E-state index in [0.29, 0.717) is 11.8 Å². The first-order valence-electron chi connectivity index (χ1n) is 12.1. The predicted octanol–water partition coefficient (Wildman–Crippen LogP) is 4.82. The number of hydrogen-bond acceptors (Lipinski definition) is 4. The zero-order valence-corrected chi connectivity index (χ0v) is 19.6. The van der Waals surface area contributed by atoms with Crippen LogP contribution in [-0.4, -0.2) is 64.9 Å². The Morgan fingerprint density at radius 3 is 2.39 bits per heavy atom. The van der Waals surface area contributed by atoms with E-state index in [1.165, 1.54) is 56.4 Å². The zero-order valence-electron chi connectivity index (χ0n) is 19.6. The van der Waals surface area contributed by atoms with Gasteiger partial charge in [-0.3, -0.25) is 10.00 Å². The van der Waals surface area contributed by atoms with Crippen LogP contribution in [0.15, 0.2) is 36.5 Å². The smallest absolute Gasteiger partial charge is 0.0695 e. The van der Waals surface area contributed by atoms with Gasteiger partial charge in [-0.2, -0.15) is 5.10 Å². The fourth-order valence-electron chi connectivity index (χ4n) is 5.09. The molecule has 0 amide bonds. The van der Waals surface area contributed by atoms with Crippen LogP contribution >= 0.6 is 0 Å². The predicted molar refractivity (Wildman–Crippen MR) is 127 cm³/mol. The lowest BCUT2D eigenvalue weighted by Crippen LogP contribution is -2.35. The van der Waals surface area contributed by atoms with E-state index < -0.39 is 0 Å². The second-order valence-electron chi connectivity index (χ2n) is 10.5. The zero-order chi connectivity index (χ0) is 21.7. The molecule has 2 aliphatic rings. The molecule has 2 aliphatic heterocycles. The van der Waals surface area contributed by atoms with Crippen molar-refractivity contribution in [3.8, 4) is 11.3 Å².